The first-order valence-corrected chi connectivity index (χ1v) is 4.98. The number of rotatable bonds is 5. The maximum Gasteiger partial charge on any atom is 0.303 e. The normalized spacial score (nSPS) is 9.93. The van der Waals surface area contributed by atoms with Crippen LogP contribution in [-0.2, 0) is 11.2 Å². The highest BCUT2D eigenvalue weighted by Crippen LogP contribution is 2.12. The van der Waals surface area contributed by atoms with Gasteiger partial charge in [-0.15, -0.1) is 0 Å². The van der Waals surface area contributed by atoms with E-state index in [1.165, 1.54) is 0 Å². The van der Waals surface area contributed by atoms with Crippen molar-refractivity contribution in [3.63, 3.8) is 0 Å². The summed E-state index contributed by atoms with van der Waals surface area (Å²) in [6.07, 6.45) is 0.762. The van der Waals surface area contributed by atoms with Crippen molar-refractivity contribution >= 4 is 11.8 Å². The fourth-order valence-corrected chi connectivity index (χ4v) is 1.46. The van der Waals surface area contributed by atoms with Crippen LogP contribution >= 0.6 is 0 Å². The number of aliphatic carboxylic acids is 1. The molecule has 1 aromatic carbocycles. The molecule has 0 unspecified atom stereocenters. The molecule has 1 N–H and O–H groups in total. The Morgan fingerprint density at radius 3 is 2.47 bits per heavy atom. The van der Waals surface area contributed by atoms with Crippen LogP contribution in [0, 0.1) is 0 Å². The first-order valence-electron chi connectivity index (χ1n) is 4.98. The summed E-state index contributed by atoms with van der Waals surface area (Å²) in [7, 11) is 0. The van der Waals surface area contributed by atoms with Crippen LogP contribution in [0.3, 0.4) is 0 Å². The summed E-state index contributed by atoms with van der Waals surface area (Å²) in [6, 6.07) is 7.33. The molecule has 0 aromatic heterocycles. The van der Waals surface area contributed by atoms with E-state index in [1.807, 2.05) is 19.1 Å². The lowest BCUT2D eigenvalue weighted by molar-refractivity contribution is -0.136. The van der Waals surface area contributed by atoms with E-state index in [2.05, 4.69) is 0 Å². The Balaban J connectivity index is 2.77. The van der Waals surface area contributed by atoms with Gasteiger partial charge in [0.05, 0.1) is 6.42 Å². The van der Waals surface area contributed by atoms with E-state index in [1.54, 1.807) is 12.1 Å². The minimum absolute atomic E-state index is 0.0757. The van der Waals surface area contributed by atoms with Gasteiger partial charge in [0.25, 0.3) is 0 Å². The van der Waals surface area contributed by atoms with Crippen molar-refractivity contribution < 1.29 is 14.7 Å². The van der Waals surface area contributed by atoms with Crippen LogP contribution < -0.4 is 0 Å². The molecular weight excluding hydrogens is 192 g/mol. The van der Waals surface area contributed by atoms with Crippen molar-refractivity contribution in [2.45, 2.75) is 26.2 Å². The summed E-state index contributed by atoms with van der Waals surface area (Å²) < 4.78 is 0. The number of ketones is 1. The molecular formula is C12H14O3. The maximum atomic E-state index is 11.7. The minimum atomic E-state index is -0.933. The minimum Gasteiger partial charge on any atom is -0.481 e. The first kappa shape index (κ1) is 11.4. The Morgan fingerprint density at radius 1 is 1.20 bits per heavy atom. The molecule has 0 fully saturated rings. The lowest BCUT2D eigenvalue weighted by atomic mass is 9.99. The van der Waals surface area contributed by atoms with Crippen LogP contribution in [0.2, 0.25) is 0 Å². The van der Waals surface area contributed by atoms with Gasteiger partial charge in [-0.3, -0.25) is 9.59 Å². The molecule has 15 heavy (non-hydrogen) atoms. The Hall–Kier alpha value is -1.64. The monoisotopic (exact) mass is 206 g/mol. The molecule has 0 aliphatic carbocycles. The number of carbonyl (C=O) groups is 2. The summed E-state index contributed by atoms with van der Waals surface area (Å²) in [6.45, 7) is 1.98. The number of hydrogen-bond acceptors (Lipinski definition) is 2. The molecule has 0 heterocycles. The number of Topliss-reactive ketones (excluding diaryl/α,β-unsaturated/α-hetero) is 1. The van der Waals surface area contributed by atoms with Gasteiger partial charge in [-0.05, 0) is 12.0 Å². The van der Waals surface area contributed by atoms with E-state index < -0.39 is 5.97 Å². The molecule has 0 bridgehead atoms. The van der Waals surface area contributed by atoms with Crippen LogP contribution in [-0.4, -0.2) is 16.9 Å². The third-order valence-corrected chi connectivity index (χ3v) is 2.26. The summed E-state index contributed by atoms with van der Waals surface area (Å²) in [5.74, 6) is -1.02. The van der Waals surface area contributed by atoms with Gasteiger partial charge in [0, 0.05) is 12.0 Å². The number of benzene rings is 1. The van der Waals surface area contributed by atoms with Crippen molar-refractivity contribution in [1.29, 1.82) is 0 Å². The number of aryl methyl sites for hydroxylation is 1. The van der Waals surface area contributed by atoms with Gasteiger partial charge >= 0.3 is 5.97 Å². The Morgan fingerprint density at radius 2 is 1.87 bits per heavy atom. The third-order valence-electron chi connectivity index (χ3n) is 2.26. The van der Waals surface area contributed by atoms with Crippen LogP contribution in [0.25, 0.3) is 0 Å². The fraction of sp³-hybridized carbons (Fsp3) is 0.333. The highest BCUT2D eigenvalue weighted by Gasteiger charge is 2.10. The SMILES string of the molecule is CCc1ccccc1C(=O)CCC(=O)O. The maximum absolute atomic E-state index is 11.7. The van der Waals surface area contributed by atoms with E-state index >= 15 is 0 Å². The lowest BCUT2D eigenvalue weighted by Crippen LogP contribution is -2.06. The predicted molar refractivity (Wildman–Crippen MR) is 57.0 cm³/mol. The van der Waals surface area contributed by atoms with Crippen LogP contribution in [0.4, 0.5) is 0 Å². The Kier molecular flexibility index (Phi) is 4.03. The number of hydrogen-bond donors (Lipinski definition) is 1. The van der Waals surface area contributed by atoms with Gasteiger partial charge in [0.1, 0.15) is 0 Å². The van der Waals surface area contributed by atoms with Gasteiger partial charge in [0.2, 0.25) is 0 Å². The summed E-state index contributed by atoms with van der Waals surface area (Å²) in [5.41, 5.74) is 1.63. The Labute approximate surface area is 88.7 Å². The third kappa shape index (κ3) is 3.20. The van der Waals surface area contributed by atoms with E-state index in [9.17, 15) is 9.59 Å². The topological polar surface area (TPSA) is 54.4 Å². The van der Waals surface area contributed by atoms with Crippen molar-refractivity contribution in [2.24, 2.45) is 0 Å². The van der Waals surface area contributed by atoms with E-state index in [0.29, 0.717) is 5.56 Å². The van der Waals surface area contributed by atoms with E-state index in [-0.39, 0.29) is 18.6 Å². The number of carboxylic acid groups (broad SMARTS) is 1. The van der Waals surface area contributed by atoms with Crippen molar-refractivity contribution in [2.75, 3.05) is 0 Å². The van der Waals surface area contributed by atoms with E-state index in [0.717, 1.165) is 12.0 Å². The first-order chi connectivity index (χ1) is 7.15. The largest absolute Gasteiger partial charge is 0.481 e. The van der Waals surface area contributed by atoms with Crippen LogP contribution in [0.15, 0.2) is 24.3 Å². The molecule has 3 nitrogen and oxygen atoms in total. The molecule has 80 valence electrons. The molecule has 0 saturated heterocycles. The smallest absolute Gasteiger partial charge is 0.303 e. The number of carboxylic acids is 1. The van der Waals surface area contributed by atoms with Crippen molar-refractivity contribution in [3.8, 4) is 0 Å². The summed E-state index contributed by atoms with van der Waals surface area (Å²) in [4.78, 5) is 22.0. The zero-order valence-electron chi connectivity index (χ0n) is 8.69. The molecule has 0 aliphatic heterocycles. The highest BCUT2D eigenvalue weighted by atomic mass is 16.4. The highest BCUT2D eigenvalue weighted by molar-refractivity contribution is 5.98. The number of carbonyl (C=O) groups excluding carboxylic acids is 1. The molecule has 0 aliphatic rings. The van der Waals surface area contributed by atoms with Crippen molar-refractivity contribution in [1.82, 2.24) is 0 Å². The lowest BCUT2D eigenvalue weighted by Gasteiger charge is -2.05. The quantitative estimate of drug-likeness (QED) is 0.752. The standard InChI is InChI=1S/C12H14O3/c1-2-9-5-3-4-6-10(9)11(13)7-8-12(14)15/h3-6H,2,7-8H2,1H3,(H,14,15). The molecule has 0 atom stereocenters. The van der Waals surface area contributed by atoms with Crippen LogP contribution in [0.1, 0.15) is 35.7 Å². The van der Waals surface area contributed by atoms with Gasteiger partial charge in [-0.25, -0.2) is 0 Å². The predicted octanol–water partition coefficient (Wildman–Crippen LogP) is 2.30. The second kappa shape index (κ2) is 5.29. The second-order valence-electron chi connectivity index (χ2n) is 3.33. The zero-order chi connectivity index (χ0) is 11.3. The van der Waals surface area contributed by atoms with E-state index in [4.69, 9.17) is 5.11 Å². The molecule has 0 amide bonds. The average molecular weight is 206 g/mol. The summed E-state index contributed by atoms with van der Waals surface area (Å²) >= 11 is 0. The molecule has 1 aromatic rings. The van der Waals surface area contributed by atoms with Gasteiger partial charge in [0.15, 0.2) is 5.78 Å². The average Bonchev–Trinajstić information content (AvgIpc) is 2.25. The molecule has 3 heteroatoms. The molecule has 0 saturated carbocycles. The van der Waals surface area contributed by atoms with Crippen LogP contribution in [0.5, 0.6) is 0 Å². The van der Waals surface area contributed by atoms with Gasteiger partial charge < -0.3 is 5.11 Å². The Bertz CT molecular complexity index is 369. The summed E-state index contributed by atoms with van der Waals surface area (Å²) in [5, 5.41) is 8.48. The molecule has 0 spiro atoms. The van der Waals surface area contributed by atoms with Crippen molar-refractivity contribution in [3.05, 3.63) is 35.4 Å². The molecule has 0 radical (unpaired) electrons. The van der Waals surface area contributed by atoms with Gasteiger partial charge in [-0.1, -0.05) is 31.2 Å². The second-order valence-corrected chi connectivity index (χ2v) is 3.33. The zero-order valence-corrected chi connectivity index (χ0v) is 8.69. The molecule has 1 rings (SSSR count). The van der Waals surface area contributed by atoms with Gasteiger partial charge in [-0.2, -0.15) is 0 Å². The fourth-order valence-electron chi connectivity index (χ4n) is 1.46.